The maximum Gasteiger partial charge on any atom is 0.224 e. The highest BCUT2D eigenvalue weighted by Gasteiger charge is 2.39. The second-order valence-electron chi connectivity index (χ2n) is 7.15. The lowest BCUT2D eigenvalue weighted by Gasteiger charge is -2.48. The summed E-state index contributed by atoms with van der Waals surface area (Å²) in [7, 11) is 0. The topological polar surface area (TPSA) is 53.6 Å². The summed E-state index contributed by atoms with van der Waals surface area (Å²) in [5.74, 6) is 0.405. The third-order valence-corrected chi connectivity index (χ3v) is 5.71. The van der Waals surface area contributed by atoms with Crippen LogP contribution in [0.3, 0.4) is 0 Å². The van der Waals surface area contributed by atoms with Crippen LogP contribution in [-0.4, -0.2) is 62.3 Å². The van der Waals surface area contributed by atoms with Crippen LogP contribution in [0.15, 0.2) is 0 Å². The third-order valence-electron chi connectivity index (χ3n) is 5.71. The van der Waals surface area contributed by atoms with Crippen LogP contribution >= 0.6 is 0 Å². The van der Waals surface area contributed by atoms with Crippen molar-refractivity contribution >= 4 is 5.91 Å². The minimum Gasteiger partial charge on any atom is -0.381 e. The Morgan fingerprint density at radius 1 is 1.18 bits per heavy atom. The molecule has 3 aliphatic heterocycles. The van der Waals surface area contributed by atoms with Crippen molar-refractivity contribution in [2.75, 3.05) is 45.9 Å². The van der Waals surface area contributed by atoms with Gasteiger partial charge in [0, 0.05) is 31.8 Å². The minimum atomic E-state index is 0.135. The van der Waals surface area contributed by atoms with Crippen LogP contribution in [0.4, 0.5) is 0 Å². The van der Waals surface area contributed by atoms with Gasteiger partial charge >= 0.3 is 0 Å². The number of rotatable bonds is 4. The average molecular weight is 309 g/mol. The largest absolute Gasteiger partial charge is 0.381 e. The molecule has 5 nitrogen and oxygen atoms in total. The molecular weight excluding hydrogens is 278 g/mol. The fraction of sp³-hybridized carbons (Fsp3) is 0.941. The fourth-order valence-electron chi connectivity index (χ4n) is 4.20. The molecule has 1 amide bonds. The molecule has 0 aromatic heterocycles. The van der Waals surface area contributed by atoms with Gasteiger partial charge in [0.1, 0.15) is 0 Å². The second-order valence-corrected chi connectivity index (χ2v) is 7.15. The van der Waals surface area contributed by atoms with Crippen molar-refractivity contribution < 1.29 is 9.53 Å². The predicted molar refractivity (Wildman–Crippen MR) is 86.8 cm³/mol. The molecule has 0 aromatic rings. The Kier molecular flexibility index (Phi) is 5.71. The number of likely N-dealkylation sites (tertiary alicyclic amines) is 1. The van der Waals surface area contributed by atoms with E-state index in [9.17, 15) is 4.79 Å². The summed E-state index contributed by atoms with van der Waals surface area (Å²) in [6.45, 7) is 6.71. The smallest absolute Gasteiger partial charge is 0.224 e. The van der Waals surface area contributed by atoms with Gasteiger partial charge in [0.15, 0.2) is 0 Å². The minimum absolute atomic E-state index is 0.135. The van der Waals surface area contributed by atoms with E-state index in [0.717, 1.165) is 58.5 Å². The summed E-state index contributed by atoms with van der Waals surface area (Å²) in [6, 6.07) is 0. The molecule has 0 aromatic carbocycles. The van der Waals surface area contributed by atoms with Crippen LogP contribution < -0.4 is 10.6 Å². The summed E-state index contributed by atoms with van der Waals surface area (Å²) in [6.07, 6.45) is 8.18. The first-order valence-corrected chi connectivity index (χ1v) is 9.11. The van der Waals surface area contributed by atoms with E-state index < -0.39 is 0 Å². The molecule has 0 bridgehead atoms. The molecule has 1 unspecified atom stereocenters. The molecule has 3 saturated heterocycles. The lowest BCUT2D eigenvalue weighted by Crippen LogP contribution is -2.60. The van der Waals surface area contributed by atoms with Gasteiger partial charge < -0.3 is 15.4 Å². The van der Waals surface area contributed by atoms with E-state index in [0.29, 0.717) is 0 Å². The van der Waals surface area contributed by atoms with Gasteiger partial charge in [-0.2, -0.15) is 0 Å². The lowest BCUT2D eigenvalue weighted by atomic mass is 9.85. The molecule has 3 heterocycles. The van der Waals surface area contributed by atoms with E-state index in [-0.39, 0.29) is 17.4 Å². The Balaban J connectivity index is 1.58. The number of piperidine rings is 2. The molecule has 3 aliphatic rings. The first-order chi connectivity index (χ1) is 10.8. The van der Waals surface area contributed by atoms with Crippen LogP contribution in [0.25, 0.3) is 0 Å². The summed E-state index contributed by atoms with van der Waals surface area (Å²) >= 11 is 0. The lowest BCUT2D eigenvalue weighted by molar-refractivity contribution is -0.127. The molecular formula is C17H31N3O2. The zero-order valence-corrected chi connectivity index (χ0v) is 13.7. The van der Waals surface area contributed by atoms with Gasteiger partial charge in [-0.25, -0.2) is 0 Å². The first kappa shape index (κ1) is 16.2. The molecule has 0 aliphatic carbocycles. The van der Waals surface area contributed by atoms with E-state index in [4.69, 9.17) is 4.74 Å². The van der Waals surface area contributed by atoms with Crippen molar-refractivity contribution in [3.8, 4) is 0 Å². The molecule has 22 heavy (non-hydrogen) atoms. The molecule has 2 N–H and O–H groups in total. The van der Waals surface area contributed by atoms with Gasteiger partial charge in [-0.3, -0.25) is 9.69 Å². The monoisotopic (exact) mass is 309 g/mol. The summed E-state index contributed by atoms with van der Waals surface area (Å²) in [4.78, 5) is 15.1. The number of ether oxygens (including phenoxy) is 1. The molecule has 3 fully saturated rings. The van der Waals surface area contributed by atoms with E-state index in [1.165, 1.54) is 32.4 Å². The van der Waals surface area contributed by atoms with Crippen LogP contribution in [0.1, 0.15) is 44.9 Å². The normalized spacial score (nSPS) is 29.9. The maximum atomic E-state index is 12.5. The molecule has 126 valence electrons. The molecule has 1 atom stereocenters. The molecule has 3 rings (SSSR count). The van der Waals surface area contributed by atoms with Crippen molar-refractivity contribution in [3.63, 3.8) is 0 Å². The highest BCUT2D eigenvalue weighted by atomic mass is 16.5. The zero-order chi connectivity index (χ0) is 15.3. The van der Waals surface area contributed by atoms with Gasteiger partial charge in [0.2, 0.25) is 5.91 Å². The number of nitrogens with zero attached hydrogens (tertiary/aromatic N) is 1. The highest BCUT2D eigenvalue weighted by Crippen LogP contribution is 2.30. The number of carbonyl (C=O) groups is 1. The molecule has 0 radical (unpaired) electrons. The van der Waals surface area contributed by atoms with Crippen LogP contribution in [0, 0.1) is 5.92 Å². The quantitative estimate of drug-likeness (QED) is 0.818. The standard InChI is InChI=1S/C17H31N3O2/c21-16(15-5-4-8-18-13-15)19-14-17(6-11-22-12-7-17)20-9-2-1-3-10-20/h15,18H,1-14H2,(H,19,21). The van der Waals surface area contributed by atoms with Crippen molar-refractivity contribution in [2.45, 2.75) is 50.5 Å². The number of carbonyl (C=O) groups excluding carboxylic acids is 1. The van der Waals surface area contributed by atoms with Gasteiger partial charge in [0.05, 0.1) is 5.92 Å². The first-order valence-electron chi connectivity index (χ1n) is 9.11. The SMILES string of the molecule is O=C(NCC1(N2CCCCC2)CCOCC1)C1CCCNC1. The van der Waals surface area contributed by atoms with Crippen molar-refractivity contribution in [1.82, 2.24) is 15.5 Å². The Morgan fingerprint density at radius 3 is 2.64 bits per heavy atom. The van der Waals surface area contributed by atoms with E-state index in [1.54, 1.807) is 0 Å². The Labute approximate surface area is 134 Å². The number of nitrogens with one attached hydrogen (secondary N) is 2. The Bertz CT molecular complexity index is 357. The second kappa shape index (κ2) is 7.75. The van der Waals surface area contributed by atoms with Gasteiger partial charge in [0.25, 0.3) is 0 Å². The molecule has 5 heteroatoms. The number of amides is 1. The molecule has 0 spiro atoms. The molecule has 0 saturated carbocycles. The van der Waals surface area contributed by atoms with Crippen molar-refractivity contribution in [3.05, 3.63) is 0 Å². The third kappa shape index (κ3) is 3.81. The van der Waals surface area contributed by atoms with E-state index in [1.807, 2.05) is 0 Å². The number of hydrogen-bond donors (Lipinski definition) is 2. The predicted octanol–water partition coefficient (Wildman–Crippen LogP) is 1.14. The maximum absolute atomic E-state index is 12.5. The van der Waals surface area contributed by atoms with Gasteiger partial charge in [-0.1, -0.05) is 6.42 Å². The van der Waals surface area contributed by atoms with Gasteiger partial charge in [-0.15, -0.1) is 0 Å². The summed E-state index contributed by atoms with van der Waals surface area (Å²) in [5, 5.41) is 6.62. The Morgan fingerprint density at radius 2 is 1.95 bits per heavy atom. The Hall–Kier alpha value is -0.650. The van der Waals surface area contributed by atoms with Crippen LogP contribution in [0.5, 0.6) is 0 Å². The summed E-state index contributed by atoms with van der Waals surface area (Å²) in [5.41, 5.74) is 0.135. The summed E-state index contributed by atoms with van der Waals surface area (Å²) < 4.78 is 5.59. The van der Waals surface area contributed by atoms with Crippen LogP contribution in [-0.2, 0) is 9.53 Å². The van der Waals surface area contributed by atoms with Crippen LogP contribution in [0.2, 0.25) is 0 Å². The van der Waals surface area contributed by atoms with E-state index in [2.05, 4.69) is 15.5 Å². The zero-order valence-electron chi connectivity index (χ0n) is 13.7. The van der Waals surface area contributed by atoms with Gasteiger partial charge in [-0.05, 0) is 58.2 Å². The van der Waals surface area contributed by atoms with Crippen molar-refractivity contribution in [2.24, 2.45) is 5.92 Å². The average Bonchev–Trinajstić information content (AvgIpc) is 2.62. The number of hydrogen-bond acceptors (Lipinski definition) is 4. The van der Waals surface area contributed by atoms with E-state index >= 15 is 0 Å². The highest BCUT2D eigenvalue weighted by molar-refractivity contribution is 5.79. The fourth-order valence-corrected chi connectivity index (χ4v) is 4.20. The van der Waals surface area contributed by atoms with Crippen molar-refractivity contribution in [1.29, 1.82) is 0 Å².